The maximum atomic E-state index is 12.7. The summed E-state index contributed by atoms with van der Waals surface area (Å²) in [5.41, 5.74) is 5.08. The number of aryl methyl sites for hydroxylation is 1. The molecule has 0 aliphatic rings. The van der Waals surface area contributed by atoms with Crippen molar-refractivity contribution in [3.05, 3.63) is 90.9 Å². The van der Waals surface area contributed by atoms with E-state index in [2.05, 4.69) is 42.1 Å². The largest absolute Gasteiger partial charge is 0.340 e. The van der Waals surface area contributed by atoms with Crippen LogP contribution >= 0.6 is 0 Å². The van der Waals surface area contributed by atoms with Crippen molar-refractivity contribution in [2.45, 2.75) is 18.4 Å². The fraction of sp³-hybridized carbons (Fsp3) is 0.179. The van der Waals surface area contributed by atoms with E-state index in [0.717, 1.165) is 46.5 Å². The van der Waals surface area contributed by atoms with Crippen LogP contribution in [0.15, 0.2) is 90.2 Å². The highest BCUT2D eigenvalue weighted by Crippen LogP contribution is 2.26. The van der Waals surface area contributed by atoms with Crippen molar-refractivity contribution in [3.8, 4) is 11.3 Å². The molecule has 194 valence electrons. The van der Waals surface area contributed by atoms with Gasteiger partial charge in [-0.3, -0.25) is 9.40 Å². The Morgan fingerprint density at radius 1 is 0.895 bits per heavy atom. The zero-order valence-corrected chi connectivity index (χ0v) is 22.3. The van der Waals surface area contributed by atoms with E-state index in [1.54, 1.807) is 48.5 Å². The van der Waals surface area contributed by atoms with Crippen molar-refractivity contribution < 1.29 is 8.42 Å². The first-order valence-electron chi connectivity index (χ1n) is 12.2. The zero-order valence-electron chi connectivity index (χ0n) is 21.5. The fourth-order valence-corrected chi connectivity index (χ4v) is 5.06. The molecule has 0 aliphatic carbocycles. The average molecular weight is 528 g/mol. The number of likely N-dealkylation sites (N-methyl/N-ethyl adjacent to an activating group) is 1. The van der Waals surface area contributed by atoms with Crippen LogP contribution < -0.4 is 10.0 Å². The molecule has 2 aromatic heterocycles. The first-order chi connectivity index (χ1) is 18.3. The smallest absolute Gasteiger partial charge is 0.261 e. The van der Waals surface area contributed by atoms with Crippen LogP contribution in [0.5, 0.6) is 0 Å². The van der Waals surface area contributed by atoms with Crippen LogP contribution in [0.1, 0.15) is 5.56 Å². The summed E-state index contributed by atoms with van der Waals surface area (Å²) in [5.74, 6) is 0.629. The maximum absolute atomic E-state index is 12.7. The number of benzene rings is 3. The molecule has 0 spiro atoms. The molecular formula is C28H29N7O2S. The molecule has 0 amide bonds. The van der Waals surface area contributed by atoms with Gasteiger partial charge in [-0.2, -0.15) is 5.10 Å². The Bertz CT molecular complexity index is 1660. The van der Waals surface area contributed by atoms with E-state index >= 15 is 0 Å². The van der Waals surface area contributed by atoms with Crippen LogP contribution in [-0.2, 0) is 16.6 Å². The lowest BCUT2D eigenvalue weighted by Gasteiger charge is -2.11. The van der Waals surface area contributed by atoms with Gasteiger partial charge in [0.15, 0.2) is 0 Å². The molecule has 38 heavy (non-hydrogen) atoms. The Morgan fingerprint density at radius 3 is 2.37 bits per heavy atom. The molecule has 3 aromatic carbocycles. The molecule has 0 bridgehead atoms. The van der Waals surface area contributed by atoms with Crippen LogP contribution in [-0.4, -0.2) is 53.7 Å². The molecule has 2 N–H and O–H groups in total. The summed E-state index contributed by atoms with van der Waals surface area (Å²) in [7, 11) is 0.438. The second-order valence-corrected chi connectivity index (χ2v) is 11.0. The Morgan fingerprint density at radius 2 is 1.63 bits per heavy atom. The van der Waals surface area contributed by atoms with Gasteiger partial charge in [-0.1, -0.05) is 23.8 Å². The van der Waals surface area contributed by atoms with Crippen molar-refractivity contribution in [1.82, 2.24) is 24.6 Å². The first kappa shape index (κ1) is 25.4. The molecule has 0 saturated carbocycles. The summed E-state index contributed by atoms with van der Waals surface area (Å²) in [6, 6.07) is 21.8. The molecular weight excluding hydrogens is 498 g/mol. The average Bonchev–Trinajstić information content (AvgIpc) is 3.31. The van der Waals surface area contributed by atoms with Crippen molar-refractivity contribution >= 4 is 38.1 Å². The summed E-state index contributed by atoms with van der Waals surface area (Å²) < 4.78 is 29.9. The molecule has 0 radical (unpaired) electrons. The van der Waals surface area contributed by atoms with Gasteiger partial charge < -0.3 is 10.2 Å². The number of rotatable bonds is 9. The predicted molar refractivity (Wildman–Crippen MR) is 151 cm³/mol. The highest BCUT2D eigenvalue weighted by atomic mass is 32.2. The van der Waals surface area contributed by atoms with Gasteiger partial charge in [0.25, 0.3) is 10.0 Å². The molecule has 0 fully saturated rings. The first-order valence-corrected chi connectivity index (χ1v) is 13.6. The van der Waals surface area contributed by atoms with Gasteiger partial charge in [-0.25, -0.2) is 18.4 Å². The molecule has 0 saturated heterocycles. The van der Waals surface area contributed by atoms with Crippen LogP contribution in [0.25, 0.3) is 22.2 Å². The van der Waals surface area contributed by atoms with Gasteiger partial charge in [0.2, 0.25) is 0 Å². The summed E-state index contributed by atoms with van der Waals surface area (Å²) >= 11 is 0. The summed E-state index contributed by atoms with van der Waals surface area (Å²) in [6.45, 7) is 3.65. The molecule has 10 heteroatoms. The van der Waals surface area contributed by atoms with Gasteiger partial charge >= 0.3 is 0 Å². The zero-order chi connectivity index (χ0) is 26.7. The Balaban J connectivity index is 1.28. The summed E-state index contributed by atoms with van der Waals surface area (Å²) in [4.78, 5) is 11.1. The van der Waals surface area contributed by atoms with E-state index < -0.39 is 10.0 Å². The van der Waals surface area contributed by atoms with Crippen molar-refractivity contribution in [2.75, 3.05) is 30.7 Å². The molecule has 5 rings (SSSR count). The standard InChI is InChI=1S/C28H29N7O2S/c1-20-4-11-25(12-5-20)38(36,37)33-24-9-7-23(8-10-24)32-28-17-26(29-19-30-28)21-6-13-27-22(16-21)18-31-35(27)15-14-34(2)3/h4-13,16-19,33H,14-15H2,1-3H3,(H,29,30,32). The number of nitrogens with zero attached hydrogens (tertiary/aromatic N) is 5. The molecule has 5 aromatic rings. The Hall–Kier alpha value is -4.28. The number of nitrogens with one attached hydrogen (secondary N) is 2. The van der Waals surface area contributed by atoms with Crippen LogP contribution in [0.3, 0.4) is 0 Å². The van der Waals surface area contributed by atoms with E-state index in [4.69, 9.17) is 0 Å². The van der Waals surface area contributed by atoms with E-state index in [0.29, 0.717) is 11.5 Å². The van der Waals surface area contributed by atoms with Gasteiger partial charge in [-0.15, -0.1) is 0 Å². The minimum atomic E-state index is -3.66. The van der Waals surface area contributed by atoms with Gasteiger partial charge in [0.05, 0.1) is 28.8 Å². The lowest BCUT2D eigenvalue weighted by Crippen LogP contribution is -2.18. The van der Waals surface area contributed by atoms with E-state index in [1.165, 1.54) is 6.33 Å². The van der Waals surface area contributed by atoms with Crippen molar-refractivity contribution in [2.24, 2.45) is 0 Å². The minimum absolute atomic E-state index is 0.220. The van der Waals surface area contributed by atoms with Crippen LogP contribution in [0.2, 0.25) is 0 Å². The third-order valence-corrected chi connectivity index (χ3v) is 7.50. The Kier molecular flexibility index (Phi) is 7.08. The monoisotopic (exact) mass is 527 g/mol. The number of hydrogen-bond donors (Lipinski definition) is 2. The van der Waals surface area contributed by atoms with E-state index in [-0.39, 0.29) is 4.90 Å². The summed E-state index contributed by atoms with van der Waals surface area (Å²) in [6.07, 6.45) is 3.40. The highest BCUT2D eigenvalue weighted by molar-refractivity contribution is 7.92. The number of fused-ring (bicyclic) bond motifs is 1. The van der Waals surface area contributed by atoms with Gasteiger partial charge in [0.1, 0.15) is 12.1 Å². The molecule has 9 nitrogen and oxygen atoms in total. The van der Waals surface area contributed by atoms with E-state index in [9.17, 15) is 8.42 Å². The van der Waals surface area contributed by atoms with Gasteiger partial charge in [0, 0.05) is 34.9 Å². The lowest BCUT2D eigenvalue weighted by atomic mass is 10.1. The lowest BCUT2D eigenvalue weighted by molar-refractivity contribution is 0.377. The quantitative estimate of drug-likeness (QED) is 0.281. The number of hydrogen-bond acceptors (Lipinski definition) is 7. The third-order valence-electron chi connectivity index (χ3n) is 6.10. The molecule has 2 heterocycles. The van der Waals surface area contributed by atoms with E-state index in [1.807, 2.05) is 44.0 Å². The van der Waals surface area contributed by atoms with Crippen molar-refractivity contribution in [1.29, 1.82) is 0 Å². The topological polar surface area (TPSA) is 105 Å². The molecule has 0 aliphatic heterocycles. The normalized spacial score (nSPS) is 11.7. The van der Waals surface area contributed by atoms with Crippen molar-refractivity contribution in [3.63, 3.8) is 0 Å². The number of anilines is 3. The van der Waals surface area contributed by atoms with Crippen LogP contribution in [0, 0.1) is 6.92 Å². The molecule has 0 atom stereocenters. The summed E-state index contributed by atoms with van der Waals surface area (Å²) in [5, 5.41) is 8.84. The minimum Gasteiger partial charge on any atom is -0.340 e. The van der Waals surface area contributed by atoms with Crippen LogP contribution in [0.4, 0.5) is 17.2 Å². The number of sulfonamides is 1. The third kappa shape index (κ3) is 5.82. The predicted octanol–water partition coefficient (Wildman–Crippen LogP) is 4.91. The second kappa shape index (κ2) is 10.6. The maximum Gasteiger partial charge on any atom is 0.261 e. The molecule has 0 unspecified atom stereocenters. The highest BCUT2D eigenvalue weighted by Gasteiger charge is 2.14. The number of aromatic nitrogens is 4. The second-order valence-electron chi connectivity index (χ2n) is 9.35. The Labute approximate surface area is 222 Å². The SMILES string of the molecule is Cc1ccc(S(=O)(=O)Nc2ccc(Nc3cc(-c4ccc5c(cnn5CCN(C)C)c4)ncn3)cc2)cc1. The van der Waals surface area contributed by atoms with Gasteiger partial charge in [-0.05, 0) is 69.6 Å². The fourth-order valence-electron chi connectivity index (χ4n) is 4.00.